The molecule has 5 rings (SSSR count). The monoisotopic (exact) mass is 324 g/mol. The molecule has 2 aliphatic heterocycles. The van der Waals surface area contributed by atoms with Crippen LogP contribution in [0, 0.1) is 0 Å². The lowest BCUT2D eigenvalue weighted by molar-refractivity contribution is -0.356. The number of allylic oxidation sites excluding steroid dienone is 2. The molecule has 0 unspecified atom stereocenters. The van der Waals surface area contributed by atoms with Crippen molar-refractivity contribution >= 4 is 40.2 Å². The van der Waals surface area contributed by atoms with Gasteiger partial charge in [-0.2, -0.15) is 0 Å². The third-order valence-electron chi connectivity index (χ3n) is 4.49. The Morgan fingerprint density at radius 2 is 1.96 bits per heavy atom. The zero-order valence-electron chi connectivity index (χ0n) is 12.0. The number of hydrogen-bond acceptors (Lipinski definition) is 1. The lowest BCUT2D eigenvalue weighted by Gasteiger charge is -2.30. The van der Waals surface area contributed by atoms with Crippen molar-refractivity contribution in [3.8, 4) is 0 Å². The molecule has 0 aliphatic carbocycles. The number of nitrogens with zero attached hydrogens (tertiary/aromatic N) is 2. The molecule has 0 spiro atoms. The van der Waals surface area contributed by atoms with Crippen LogP contribution in [0.5, 0.6) is 0 Å². The highest BCUT2D eigenvalue weighted by Crippen LogP contribution is 2.42. The minimum Gasteiger partial charge on any atom is -0.396 e. The van der Waals surface area contributed by atoms with Gasteiger partial charge in [-0.3, -0.25) is 0 Å². The quantitative estimate of drug-likeness (QED) is 0.588. The van der Waals surface area contributed by atoms with E-state index < -0.39 is 6.97 Å². The van der Waals surface area contributed by atoms with Crippen molar-refractivity contribution in [3.05, 3.63) is 77.1 Å². The van der Waals surface area contributed by atoms with Crippen LogP contribution >= 0.6 is 11.3 Å². The molecule has 0 N–H and O–H groups in total. The SMILES string of the molecule is F[B-]1(F)n2cccc2C(c2csc3ccccc23)=C2C=CC=[N+]21. The average Bonchev–Trinajstić information content (AvgIpc) is 3.27. The zero-order chi connectivity index (χ0) is 15.6. The van der Waals surface area contributed by atoms with E-state index >= 15 is 0 Å². The summed E-state index contributed by atoms with van der Waals surface area (Å²) in [6, 6.07) is 11.5. The summed E-state index contributed by atoms with van der Waals surface area (Å²) in [6.45, 7) is -3.83. The van der Waals surface area contributed by atoms with E-state index in [2.05, 4.69) is 11.4 Å². The molecular formula is C17H11BF2N2S. The Bertz CT molecular complexity index is 1060. The number of aromatic nitrogens is 1. The molecule has 3 aromatic rings. The number of rotatable bonds is 1. The van der Waals surface area contributed by atoms with Crippen molar-refractivity contribution in [1.29, 1.82) is 0 Å². The van der Waals surface area contributed by atoms with Gasteiger partial charge in [0.15, 0.2) is 5.70 Å². The molecule has 4 heterocycles. The molecule has 2 aliphatic rings. The Labute approximate surface area is 135 Å². The largest absolute Gasteiger partial charge is 0.737 e. The van der Waals surface area contributed by atoms with Gasteiger partial charge in [-0.25, -0.2) is 0 Å². The molecule has 23 heavy (non-hydrogen) atoms. The van der Waals surface area contributed by atoms with E-state index in [4.69, 9.17) is 0 Å². The second-order valence-corrected chi connectivity index (χ2v) is 6.62. The van der Waals surface area contributed by atoms with Gasteiger partial charge in [0.25, 0.3) is 0 Å². The van der Waals surface area contributed by atoms with E-state index in [1.807, 2.05) is 18.2 Å². The lowest BCUT2D eigenvalue weighted by atomic mass is 9.86. The smallest absolute Gasteiger partial charge is 0.396 e. The van der Waals surface area contributed by atoms with Crippen LogP contribution in [0.1, 0.15) is 11.3 Å². The van der Waals surface area contributed by atoms with Crippen LogP contribution in [-0.4, -0.2) is 22.1 Å². The molecule has 0 saturated heterocycles. The fraction of sp³-hybridized carbons (Fsp3) is 0. The van der Waals surface area contributed by atoms with Crippen LogP contribution in [0.3, 0.4) is 0 Å². The van der Waals surface area contributed by atoms with Crippen LogP contribution in [0.4, 0.5) is 8.63 Å². The molecular weight excluding hydrogens is 313 g/mol. The van der Waals surface area contributed by atoms with Crippen molar-refractivity contribution in [2.45, 2.75) is 0 Å². The molecule has 6 heteroatoms. The fourth-order valence-corrected chi connectivity index (χ4v) is 4.42. The highest BCUT2D eigenvalue weighted by molar-refractivity contribution is 7.17. The first kappa shape index (κ1) is 13.0. The summed E-state index contributed by atoms with van der Waals surface area (Å²) in [4.78, 5) is 0. The molecule has 2 aromatic heterocycles. The van der Waals surface area contributed by atoms with E-state index in [-0.39, 0.29) is 0 Å². The van der Waals surface area contributed by atoms with Gasteiger partial charge in [0.05, 0.1) is 5.57 Å². The number of thiophene rings is 1. The molecule has 0 fully saturated rings. The van der Waals surface area contributed by atoms with Crippen molar-refractivity contribution in [1.82, 2.24) is 4.48 Å². The number of benzene rings is 1. The van der Waals surface area contributed by atoms with Crippen molar-refractivity contribution in [3.63, 3.8) is 0 Å². The molecule has 0 saturated carbocycles. The highest BCUT2D eigenvalue weighted by atomic mass is 32.1. The van der Waals surface area contributed by atoms with Gasteiger partial charge >= 0.3 is 6.97 Å². The van der Waals surface area contributed by atoms with Gasteiger partial charge in [-0.1, -0.05) is 18.2 Å². The number of hydrogen-bond donors (Lipinski definition) is 0. The first-order chi connectivity index (χ1) is 11.2. The highest BCUT2D eigenvalue weighted by Gasteiger charge is 2.51. The van der Waals surface area contributed by atoms with Gasteiger partial charge < -0.3 is 17.6 Å². The van der Waals surface area contributed by atoms with E-state index in [0.29, 0.717) is 11.4 Å². The summed E-state index contributed by atoms with van der Waals surface area (Å²) >= 11 is 1.64. The summed E-state index contributed by atoms with van der Waals surface area (Å²) in [5.41, 5.74) is 3.02. The van der Waals surface area contributed by atoms with Crippen molar-refractivity contribution in [2.75, 3.05) is 0 Å². The van der Waals surface area contributed by atoms with E-state index in [0.717, 1.165) is 30.2 Å². The minimum atomic E-state index is -3.83. The van der Waals surface area contributed by atoms with Crippen molar-refractivity contribution < 1.29 is 13.1 Å². The molecule has 1 aromatic carbocycles. The zero-order valence-corrected chi connectivity index (χ0v) is 12.8. The Balaban J connectivity index is 1.89. The van der Waals surface area contributed by atoms with Gasteiger partial charge in [-0.15, -0.1) is 11.3 Å². The molecule has 0 amide bonds. The lowest BCUT2D eigenvalue weighted by Crippen LogP contribution is -2.49. The number of fused-ring (bicyclic) bond motifs is 3. The van der Waals surface area contributed by atoms with Crippen LogP contribution in [0.15, 0.2) is 65.8 Å². The minimum absolute atomic E-state index is 0.574. The average molecular weight is 324 g/mol. The predicted molar refractivity (Wildman–Crippen MR) is 91.1 cm³/mol. The van der Waals surface area contributed by atoms with E-state index in [1.165, 1.54) is 12.4 Å². The van der Waals surface area contributed by atoms with Gasteiger partial charge in [-0.05, 0) is 24.4 Å². The third kappa shape index (κ3) is 1.59. The van der Waals surface area contributed by atoms with E-state index in [9.17, 15) is 8.63 Å². The molecule has 0 bridgehead atoms. The van der Waals surface area contributed by atoms with Gasteiger partial charge in [0.2, 0.25) is 0 Å². The van der Waals surface area contributed by atoms with Crippen LogP contribution in [-0.2, 0) is 0 Å². The Kier molecular flexibility index (Phi) is 2.43. The van der Waals surface area contributed by atoms with E-state index in [1.54, 1.807) is 35.6 Å². The number of halogens is 2. The summed E-state index contributed by atoms with van der Waals surface area (Å²) in [5.74, 6) is 0. The summed E-state index contributed by atoms with van der Waals surface area (Å²) in [6.07, 6.45) is 6.39. The second-order valence-electron chi connectivity index (χ2n) is 5.71. The normalized spacial score (nSPS) is 18.3. The first-order valence-corrected chi connectivity index (χ1v) is 8.26. The maximum Gasteiger partial charge on any atom is 0.737 e. The van der Waals surface area contributed by atoms with Gasteiger partial charge in [0, 0.05) is 38.9 Å². The molecule has 2 nitrogen and oxygen atoms in total. The second kappa shape index (κ2) is 4.29. The molecule has 0 atom stereocenters. The summed E-state index contributed by atoms with van der Waals surface area (Å²) < 4.78 is 32.9. The van der Waals surface area contributed by atoms with Crippen LogP contribution in [0.2, 0.25) is 0 Å². The summed E-state index contributed by atoms with van der Waals surface area (Å²) in [7, 11) is 0. The van der Waals surface area contributed by atoms with Gasteiger partial charge in [0.1, 0.15) is 6.21 Å². The fourth-order valence-electron chi connectivity index (χ4n) is 3.47. The summed E-state index contributed by atoms with van der Waals surface area (Å²) in [5, 5.41) is 3.16. The molecule has 112 valence electrons. The Morgan fingerprint density at radius 3 is 2.87 bits per heavy atom. The van der Waals surface area contributed by atoms with Crippen molar-refractivity contribution in [2.24, 2.45) is 0 Å². The molecule has 0 radical (unpaired) electrons. The van der Waals surface area contributed by atoms with Crippen LogP contribution in [0.25, 0.3) is 15.7 Å². The maximum atomic E-state index is 14.8. The standard InChI is InChI=1S/C17H11BF2N2S/c19-18(20)21-9-3-6-14(21)17(15-7-4-10-22(15)18)13-11-23-16-8-2-1-5-12(13)16/h1-11H. The first-order valence-electron chi connectivity index (χ1n) is 7.38. The maximum absolute atomic E-state index is 14.8. The van der Waals surface area contributed by atoms with Crippen LogP contribution < -0.4 is 0 Å². The Hall–Kier alpha value is -2.47. The predicted octanol–water partition coefficient (Wildman–Crippen LogP) is 4.35. The topological polar surface area (TPSA) is 7.94 Å². The Morgan fingerprint density at radius 1 is 1.09 bits per heavy atom. The third-order valence-corrected chi connectivity index (χ3v) is 5.45.